The van der Waals surface area contributed by atoms with Gasteiger partial charge in [-0.15, -0.1) is 0 Å². The van der Waals surface area contributed by atoms with Gasteiger partial charge in [-0.1, -0.05) is 0 Å². The number of carbonyl (C=O) groups excluding carboxylic acids is 1. The molecule has 2 rings (SSSR count). The SMILES string of the molecule is CCn1ccnc(NCCNC(=O)c2cccnc2)c1=O. The third kappa shape index (κ3) is 3.88. The van der Waals surface area contributed by atoms with E-state index in [0.717, 1.165) is 0 Å². The standard InChI is InChI=1S/C14H17N5O2/c1-2-19-9-8-17-12(14(19)21)16-6-7-18-13(20)11-4-3-5-15-10-11/h3-5,8-10H,2,6-7H2,1H3,(H,16,17)(H,18,20). The van der Waals surface area contributed by atoms with Crippen molar-refractivity contribution in [2.45, 2.75) is 13.5 Å². The summed E-state index contributed by atoms with van der Waals surface area (Å²) in [5, 5.41) is 5.66. The Hall–Kier alpha value is -2.70. The van der Waals surface area contributed by atoms with Gasteiger partial charge in [0.25, 0.3) is 11.5 Å². The van der Waals surface area contributed by atoms with Crippen molar-refractivity contribution in [3.8, 4) is 0 Å². The third-order valence-corrected chi connectivity index (χ3v) is 2.88. The minimum absolute atomic E-state index is 0.168. The van der Waals surface area contributed by atoms with Crippen molar-refractivity contribution < 1.29 is 4.79 Å². The molecule has 7 heteroatoms. The Kier molecular flexibility index (Phi) is 5.03. The van der Waals surface area contributed by atoms with Gasteiger partial charge in [0.05, 0.1) is 5.56 Å². The van der Waals surface area contributed by atoms with Crippen LogP contribution in [0.3, 0.4) is 0 Å². The van der Waals surface area contributed by atoms with E-state index in [-0.39, 0.29) is 17.3 Å². The molecule has 0 saturated heterocycles. The Morgan fingerprint density at radius 1 is 1.33 bits per heavy atom. The van der Waals surface area contributed by atoms with Crippen molar-refractivity contribution in [2.24, 2.45) is 0 Å². The molecule has 0 aliphatic rings. The molecule has 0 radical (unpaired) electrons. The fourth-order valence-corrected chi connectivity index (χ4v) is 1.77. The second-order valence-corrected chi connectivity index (χ2v) is 4.29. The summed E-state index contributed by atoms with van der Waals surface area (Å²) in [5.41, 5.74) is 0.335. The number of pyridine rings is 1. The minimum atomic E-state index is -0.197. The van der Waals surface area contributed by atoms with Gasteiger partial charge in [-0.2, -0.15) is 0 Å². The van der Waals surface area contributed by atoms with Crippen molar-refractivity contribution >= 4 is 11.7 Å². The van der Waals surface area contributed by atoms with Crippen LogP contribution in [-0.2, 0) is 6.54 Å². The lowest BCUT2D eigenvalue weighted by atomic mass is 10.3. The molecule has 7 nitrogen and oxygen atoms in total. The zero-order chi connectivity index (χ0) is 15.1. The number of rotatable bonds is 6. The van der Waals surface area contributed by atoms with E-state index < -0.39 is 0 Å². The molecule has 0 atom stereocenters. The minimum Gasteiger partial charge on any atom is -0.364 e. The summed E-state index contributed by atoms with van der Waals surface area (Å²) in [7, 11) is 0. The van der Waals surface area contributed by atoms with Gasteiger partial charge in [0.15, 0.2) is 5.82 Å². The van der Waals surface area contributed by atoms with E-state index in [0.29, 0.717) is 25.2 Å². The Morgan fingerprint density at radius 2 is 2.19 bits per heavy atom. The average Bonchev–Trinajstić information content (AvgIpc) is 2.53. The lowest BCUT2D eigenvalue weighted by Gasteiger charge is -2.08. The Labute approximate surface area is 122 Å². The third-order valence-electron chi connectivity index (χ3n) is 2.88. The highest BCUT2D eigenvalue weighted by atomic mass is 16.1. The maximum Gasteiger partial charge on any atom is 0.293 e. The number of nitrogens with zero attached hydrogens (tertiary/aromatic N) is 3. The molecule has 21 heavy (non-hydrogen) atoms. The topological polar surface area (TPSA) is 88.9 Å². The van der Waals surface area contributed by atoms with E-state index in [1.807, 2.05) is 6.92 Å². The Bertz CT molecular complexity index is 654. The lowest BCUT2D eigenvalue weighted by molar-refractivity contribution is 0.0955. The van der Waals surface area contributed by atoms with Crippen molar-refractivity contribution in [3.05, 3.63) is 52.8 Å². The predicted octanol–water partition coefficient (Wildman–Crippen LogP) is 0.500. The van der Waals surface area contributed by atoms with Crippen LogP contribution < -0.4 is 16.2 Å². The van der Waals surface area contributed by atoms with Crippen LogP contribution in [0.4, 0.5) is 5.82 Å². The van der Waals surface area contributed by atoms with Gasteiger partial charge >= 0.3 is 0 Å². The van der Waals surface area contributed by atoms with E-state index in [9.17, 15) is 9.59 Å². The van der Waals surface area contributed by atoms with E-state index in [1.165, 1.54) is 6.20 Å². The molecule has 2 aromatic heterocycles. The molecule has 0 spiro atoms. The van der Waals surface area contributed by atoms with Gasteiger partial charge in [-0.3, -0.25) is 14.6 Å². The number of anilines is 1. The zero-order valence-electron chi connectivity index (χ0n) is 11.7. The average molecular weight is 287 g/mol. The molecule has 0 unspecified atom stereocenters. The van der Waals surface area contributed by atoms with Crippen molar-refractivity contribution in [1.29, 1.82) is 0 Å². The number of nitrogens with one attached hydrogen (secondary N) is 2. The molecule has 110 valence electrons. The lowest BCUT2D eigenvalue weighted by Crippen LogP contribution is -2.31. The highest BCUT2D eigenvalue weighted by Gasteiger charge is 2.05. The van der Waals surface area contributed by atoms with Crippen LogP contribution >= 0.6 is 0 Å². The monoisotopic (exact) mass is 287 g/mol. The Balaban J connectivity index is 1.83. The normalized spacial score (nSPS) is 10.1. The summed E-state index contributed by atoms with van der Waals surface area (Å²) in [6.45, 7) is 3.28. The smallest absolute Gasteiger partial charge is 0.293 e. The summed E-state index contributed by atoms with van der Waals surface area (Å²) in [6, 6.07) is 3.39. The number of aryl methyl sites for hydroxylation is 1. The van der Waals surface area contributed by atoms with Crippen LogP contribution in [0.5, 0.6) is 0 Å². The highest BCUT2D eigenvalue weighted by molar-refractivity contribution is 5.93. The summed E-state index contributed by atoms with van der Waals surface area (Å²) in [4.78, 5) is 31.5. The first kappa shape index (κ1) is 14.7. The van der Waals surface area contributed by atoms with E-state index in [4.69, 9.17) is 0 Å². The van der Waals surface area contributed by atoms with Crippen molar-refractivity contribution in [1.82, 2.24) is 19.9 Å². The van der Waals surface area contributed by atoms with E-state index in [1.54, 1.807) is 35.3 Å². The van der Waals surface area contributed by atoms with E-state index >= 15 is 0 Å². The van der Waals surface area contributed by atoms with Gasteiger partial charge < -0.3 is 15.2 Å². The zero-order valence-corrected chi connectivity index (χ0v) is 11.7. The summed E-state index contributed by atoms with van der Waals surface area (Å²) >= 11 is 0. The number of aromatic nitrogens is 3. The van der Waals surface area contributed by atoms with Gasteiger partial charge in [0, 0.05) is 44.4 Å². The molecule has 0 fully saturated rings. The van der Waals surface area contributed by atoms with Crippen LogP contribution in [-0.4, -0.2) is 33.5 Å². The first-order valence-electron chi connectivity index (χ1n) is 6.70. The number of carbonyl (C=O) groups is 1. The quantitative estimate of drug-likeness (QED) is 0.755. The molecule has 0 aromatic carbocycles. The molecular weight excluding hydrogens is 270 g/mol. The summed E-state index contributed by atoms with van der Waals surface area (Å²) < 4.78 is 1.56. The van der Waals surface area contributed by atoms with Crippen LogP contribution in [0.15, 0.2) is 41.7 Å². The number of hydrogen-bond acceptors (Lipinski definition) is 5. The fourth-order valence-electron chi connectivity index (χ4n) is 1.77. The highest BCUT2D eigenvalue weighted by Crippen LogP contribution is 1.95. The number of amides is 1. The second kappa shape index (κ2) is 7.18. The van der Waals surface area contributed by atoms with Gasteiger partial charge in [0.1, 0.15) is 0 Å². The number of hydrogen-bond donors (Lipinski definition) is 2. The summed E-state index contributed by atoms with van der Waals surface area (Å²) in [5.74, 6) is 0.0897. The molecule has 2 heterocycles. The van der Waals surface area contributed by atoms with Crippen LogP contribution in [0.1, 0.15) is 17.3 Å². The first-order chi connectivity index (χ1) is 10.2. The second-order valence-electron chi connectivity index (χ2n) is 4.29. The van der Waals surface area contributed by atoms with Crippen molar-refractivity contribution in [3.63, 3.8) is 0 Å². The largest absolute Gasteiger partial charge is 0.364 e. The maximum atomic E-state index is 11.9. The van der Waals surface area contributed by atoms with Crippen LogP contribution in [0, 0.1) is 0 Å². The van der Waals surface area contributed by atoms with Crippen LogP contribution in [0.2, 0.25) is 0 Å². The van der Waals surface area contributed by atoms with E-state index in [2.05, 4.69) is 20.6 Å². The molecule has 0 saturated carbocycles. The molecule has 0 aliphatic heterocycles. The van der Waals surface area contributed by atoms with Gasteiger partial charge in [0.2, 0.25) is 0 Å². The van der Waals surface area contributed by atoms with Crippen LogP contribution in [0.25, 0.3) is 0 Å². The van der Waals surface area contributed by atoms with Gasteiger partial charge in [-0.25, -0.2) is 4.98 Å². The molecule has 2 N–H and O–H groups in total. The molecule has 1 amide bonds. The molecule has 0 bridgehead atoms. The predicted molar refractivity (Wildman–Crippen MR) is 79.2 cm³/mol. The summed E-state index contributed by atoms with van der Waals surface area (Å²) in [6.07, 6.45) is 6.32. The Morgan fingerprint density at radius 3 is 2.90 bits per heavy atom. The maximum absolute atomic E-state index is 11.9. The molecular formula is C14H17N5O2. The van der Waals surface area contributed by atoms with Crippen molar-refractivity contribution in [2.75, 3.05) is 18.4 Å². The molecule has 2 aromatic rings. The first-order valence-corrected chi connectivity index (χ1v) is 6.70. The van der Waals surface area contributed by atoms with Gasteiger partial charge in [-0.05, 0) is 19.1 Å². The molecule has 0 aliphatic carbocycles. The fraction of sp³-hybridized carbons (Fsp3) is 0.286.